The van der Waals surface area contributed by atoms with Crippen molar-refractivity contribution < 1.29 is 9.59 Å². The summed E-state index contributed by atoms with van der Waals surface area (Å²) in [5.41, 5.74) is 9.32. The van der Waals surface area contributed by atoms with Crippen molar-refractivity contribution in [1.82, 2.24) is 29.7 Å². The van der Waals surface area contributed by atoms with Gasteiger partial charge in [0.25, 0.3) is 5.91 Å². The summed E-state index contributed by atoms with van der Waals surface area (Å²) in [5.74, 6) is -0.528. The van der Waals surface area contributed by atoms with Crippen LogP contribution in [0.4, 0.5) is 5.82 Å². The van der Waals surface area contributed by atoms with E-state index >= 15 is 0 Å². The Kier molecular flexibility index (Phi) is 6.63. The Morgan fingerprint density at radius 3 is 2.49 bits per heavy atom. The van der Waals surface area contributed by atoms with Gasteiger partial charge < -0.3 is 25.5 Å². The molecule has 0 saturated heterocycles. The maximum atomic E-state index is 12.9. The smallest absolute Gasteiger partial charge is 0.258 e. The van der Waals surface area contributed by atoms with Gasteiger partial charge in [0, 0.05) is 32.4 Å². The fraction of sp³-hybridized carbons (Fsp3) is 0.240. The van der Waals surface area contributed by atoms with Gasteiger partial charge in [-0.3, -0.25) is 14.4 Å². The van der Waals surface area contributed by atoms with Crippen LogP contribution in [0.3, 0.4) is 0 Å². The minimum atomic E-state index is -0.527. The summed E-state index contributed by atoms with van der Waals surface area (Å²) in [4.78, 5) is 46.2. The number of pyridine rings is 2. The van der Waals surface area contributed by atoms with E-state index < -0.39 is 11.3 Å². The number of aryl methyl sites for hydroxylation is 2. The van der Waals surface area contributed by atoms with Gasteiger partial charge in [-0.25, -0.2) is 9.97 Å². The Labute approximate surface area is 201 Å². The van der Waals surface area contributed by atoms with Crippen LogP contribution >= 0.6 is 0 Å². The third-order valence-electron chi connectivity index (χ3n) is 5.92. The summed E-state index contributed by atoms with van der Waals surface area (Å²) in [6.07, 6.45) is 3.66. The van der Waals surface area contributed by atoms with Crippen LogP contribution in [0.1, 0.15) is 28.5 Å². The molecular weight excluding hydrogens is 446 g/mol. The van der Waals surface area contributed by atoms with Gasteiger partial charge in [0.1, 0.15) is 17.0 Å². The van der Waals surface area contributed by atoms with Crippen molar-refractivity contribution in [1.29, 1.82) is 0 Å². The molecule has 10 heteroatoms. The van der Waals surface area contributed by atoms with Crippen LogP contribution in [0.2, 0.25) is 0 Å². The highest BCUT2D eigenvalue weighted by atomic mass is 16.2. The number of nitrogens with two attached hydrogens (primary N) is 1. The second kappa shape index (κ2) is 9.80. The van der Waals surface area contributed by atoms with Crippen molar-refractivity contribution in [3.63, 3.8) is 0 Å². The minimum Gasteiger partial charge on any atom is -0.384 e. The molecule has 0 aliphatic heterocycles. The van der Waals surface area contributed by atoms with Crippen LogP contribution in [-0.2, 0) is 31.4 Å². The standard InChI is InChI=1S/C25H27N7O3/c1-4-32-23(26)21(25(35)27-2)22(34)18-9-10-19(30-24(18)32)16-7-5-15(6-8-16)11-20(33)29-13-17-12-28-14-31(17)3/h5-10,12,14H,4,11,13,26H2,1-3H3,(H,27,35)(H,29,33). The van der Waals surface area contributed by atoms with Crippen molar-refractivity contribution >= 4 is 28.7 Å². The lowest BCUT2D eigenvalue weighted by molar-refractivity contribution is -0.120. The number of carbonyl (C=O) groups excluding carboxylic acids is 2. The van der Waals surface area contributed by atoms with Crippen molar-refractivity contribution in [3.05, 3.63) is 76.0 Å². The fourth-order valence-corrected chi connectivity index (χ4v) is 3.94. The van der Waals surface area contributed by atoms with Gasteiger partial charge in [-0.15, -0.1) is 0 Å². The topological polar surface area (TPSA) is 137 Å². The number of carbonyl (C=O) groups is 2. The van der Waals surface area contributed by atoms with E-state index in [1.165, 1.54) is 7.05 Å². The molecule has 1 aromatic carbocycles. The Hall–Kier alpha value is -4.47. The molecule has 0 aliphatic rings. The van der Waals surface area contributed by atoms with E-state index in [-0.39, 0.29) is 23.7 Å². The van der Waals surface area contributed by atoms with Crippen LogP contribution in [0.5, 0.6) is 0 Å². The molecule has 0 unspecified atom stereocenters. The number of nitrogens with zero attached hydrogens (tertiary/aromatic N) is 4. The van der Waals surface area contributed by atoms with E-state index in [1.807, 2.05) is 42.8 Å². The number of nitrogen functional groups attached to an aromatic ring is 1. The van der Waals surface area contributed by atoms with Crippen LogP contribution in [0, 0.1) is 0 Å². The summed E-state index contributed by atoms with van der Waals surface area (Å²) >= 11 is 0. The highest BCUT2D eigenvalue weighted by molar-refractivity contribution is 6.01. The summed E-state index contributed by atoms with van der Waals surface area (Å²) < 4.78 is 3.52. The highest BCUT2D eigenvalue weighted by Crippen LogP contribution is 2.23. The summed E-state index contributed by atoms with van der Waals surface area (Å²) in [7, 11) is 3.33. The molecule has 4 aromatic rings. The summed E-state index contributed by atoms with van der Waals surface area (Å²) in [6, 6.07) is 10.9. The van der Waals surface area contributed by atoms with E-state index in [1.54, 1.807) is 29.2 Å². The van der Waals surface area contributed by atoms with E-state index in [2.05, 4.69) is 20.6 Å². The van der Waals surface area contributed by atoms with Crippen molar-refractivity contribution in [2.24, 2.45) is 7.05 Å². The second-order valence-electron chi connectivity index (χ2n) is 8.13. The first-order valence-corrected chi connectivity index (χ1v) is 11.2. The first kappa shape index (κ1) is 23.7. The molecule has 0 spiro atoms. The van der Waals surface area contributed by atoms with Gasteiger partial charge in [0.2, 0.25) is 11.3 Å². The van der Waals surface area contributed by atoms with Crippen molar-refractivity contribution in [2.45, 2.75) is 26.4 Å². The SMILES string of the molecule is CCn1c(N)c(C(=O)NC)c(=O)c2ccc(-c3ccc(CC(=O)NCc4cncn4C)cc3)nc21. The van der Waals surface area contributed by atoms with Gasteiger partial charge in [-0.05, 0) is 24.6 Å². The van der Waals surface area contributed by atoms with Crippen LogP contribution in [0.25, 0.3) is 22.3 Å². The van der Waals surface area contributed by atoms with Gasteiger partial charge in [0.05, 0.1) is 36.1 Å². The monoisotopic (exact) mass is 473 g/mol. The molecule has 4 N–H and O–H groups in total. The first-order chi connectivity index (χ1) is 16.8. The zero-order valence-electron chi connectivity index (χ0n) is 19.8. The van der Waals surface area contributed by atoms with Gasteiger partial charge in [0.15, 0.2) is 0 Å². The lowest BCUT2D eigenvalue weighted by Crippen LogP contribution is -2.30. The molecule has 4 rings (SSSR count). The third kappa shape index (κ3) is 4.63. The zero-order valence-corrected chi connectivity index (χ0v) is 19.8. The van der Waals surface area contributed by atoms with Crippen molar-refractivity contribution in [2.75, 3.05) is 12.8 Å². The maximum Gasteiger partial charge on any atom is 0.258 e. The largest absolute Gasteiger partial charge is 0.384 e. The predicted molar refractivity (Wildman–Crippen MR) is 134 cm³/mol. The molecule has 2 amide bonds. The molecule has 0 saturated carbocycles. The number of aromatic nitrogens is 4. The van der Waals surface area contributed by atoms with Crippen LogP contribution in [0.15, 0.2) is 53.7 Å². The molecule has 10 nitrogen and oxygen atoms in total. The van der Waals surface area contributed by atoms with Gasteiger partial charge in [-0.1, -0.05) is 24.3 Å². The predicted octanol–water partition coefficient (Wildman–Crippen LogP) is 1.62. The molecule has 180 valence electrons. The number of hydrogen-bond donors (Lipinski definition) is 3. The highest BCUT2D eigenvalue weighted by Gasteiger charge is 2.20. The Morgan fingerprint density at radius 2 is 1.86 bits per heavy atom. The minimum absolute atomic E-state index is 0.0811. The molecule has 0 bridgehead atoms. The van der Waals surface area contributed by atoms with E-state index in [4.69, 9.17) is 5.73 Å². The lowest BCUT2D eigenvalue weighted by atomic mass is 10.1. The molecule has 35 heavy (non-hydrogen) atoms. The Bertz CT molecular complexity index is 1470. The van der Waals surface area contributed by atoms with E-state index in [0.29, 0.717) is 29.8 Å². The van der Waals surface area contributed by atoms with Gasteiger partial charge >= 0.3 is 0 Å². The van der Waals surface area contributed by atoms with E-state index in [9.17, 15) is 14.4 Å². The van der Waals surface area contributed by atoms with E-state index in [0.717, 1.165) is 16.8 Å². The number of anilines is 1. The maximum absolute atomic E-state index is 12.9. The third-order valence-corrected chi connectivity index (χ3v) is 5.92. The first-order valence-electron chi connectivity index (χ1n) is 11.2. The number of amides is 2. The van der Waals surface area contributed by atoms with Crippen molar-refractivity contribution in [3.8, 4) is 11.3 Å². The number of hydrogen-bond acceptors (Lipinski definition) is 6. The average molecular weight is 474 g/mol. The number of benzene rings is 1. The van der Waals surface area contributed by atoms with Crippen LogP contribution < -0.4 is 21.8 Å². The molecule has 0 radical (unpaired) electrons. The Balaban J connectivity index is 1.57. The lowest BCUT2D eigenvalue weighted by Gasteiger charge is -2.15. The summed E-state index contributed by atoms with van der Waals surface area (Å²) in [6.45, 7) is 2.73. The molecule has 0 fully saturated rings. The van der Waals surface area contributed by atoms with Crippen LogP contribution in [-0.4, -0.2) is 38.0 Å². The summed E-state index contributed by atoms with van der Waals surface area (Å²) in [5, 5.41) is 5.69. The molecule has 3 aromatic heterocycles. The molecular formula is C25H27N7O3. The average Bonchev–Trinajstić information content (AvgIpc) is 3.27. The molecule has 3 heterocycles. The fourth-order valence-electron chi connectivity index (χ4n) is 3.94. The molecule has 0 aliphatic carbocycles. The number of rotatable bonds is 7. The number of imidazole rings is 1. The number of fused-ring (bicyclic) bond motifs is 1. The number of nitrogens with one attached hydrogen (secondary N) is 2. The quantitative estimate of drug-likeness (QED) is 0.373. The zero-order chi connectivity index (χ0) is 25.1. The second-order valence-corrected chi connectivity index (χ2v) is 8.13. The molecule has 0 atom stereocenters. The normalized spacial score (nSPS) is 10.9. The Morgan fingerprint density at radius 1 is 1.11 bits per heavy atom. The van der Waals surface area contributed by atoms with Gasteiger partial charge in [-0.2, -0.15) is 0 Å².